The minimum atomic E-state index is -4.99. The van der Waals surface area contributed by atoms with Gasteiger partial charge in [0.15, 0.2) is 11.4 Å². The third kappa shape index (κ3) is 4.07. The largest absolute Gasteiger partial charge is 0.490 e. The van der Waals surface area contributed by atoms with E-state index in [1.54, 1.807) is 0 Å². The van der Waals surface area contributed by atoms with Crippen molar-refractivity contribution in [1.82, 2.24) is 14.3 Å². The Hall–Kier alpha value is -2.56. The highest BCUT2D eigenvalue weighted by Crippen LogP contribution is 2.25. The van der Waals surface area contributed by atoms with Crippen LogP contribution in [0.4, 0.5) is 18.0 Å². The normalized spacial score (nSPS) is 15.0. The zero-order chi connectivity index (χ0) is 19.6. The monoisotopic (exact) mass is 401 g/mol. The summed E-state index contributed by atoms with van der Waals surface area (Å²) >= 11 is 0.969. The molecule has 27 heavy (non-hydrogen) atoms. The molecule has 0 N–H and O–H groups in total. The standard InChI is InChI=1S/C16H14F3N3O4S/c17-16(18,19)13(24)10-8-20-14-11(4-3-6-21(10)14)26-7-2-1-5-22-12(23)9-27-15(22)25/h3-4,6,8H,1-2,5,7,9H2. The maximum Gasteiger partial charge on any atom is 0.456 e. The number of carbonyl (C=O) groups is 3. The fourth-order valence-electron chi connectivity index (χ4n) is 2.56. The molecule has 2 aromatic rings. The third-order valence-electron chi connectivity index (χ3n) is 3.86. The van der Waals surface area contributed by atoms with Gasteiger partial charge in [0.05, 0.1) is 18.6 Å². The summed E-state index contributed by atoms with van der Waals surface area (Å²) in [6, 6.07) is 2.99. The lowest BCUT2D eigenvalue weighted by Gasteiger charge is -2.12. The van der Waals surface area contributed by atoms with Crippen molar-refractivity contribution in [1.29, 1.82) is 0 Å². The molecular weight excluding hydrogens is 387 g/mol. The SMILES string of the molecule is O=C1CSC(=O)N1CCCCOc1cccn2c(C(=O)C(F)(F)F)cnc12. The predicted octanol–water partition coefficient (Wildman–Crippen LogP) is 2.93. The Labute approximate surface area is 155 Å². The first-order valence-corrected chi connectivity index (χ1v) is 8.95. The molecular formula is C16H14F3N3O4S. The molecule has 1 aliphatic heterocycles. The molecule has 0 spiro atoms. The Bertz CT molecular complexity index is 881. The van der Waals surface area contributed by atoms with Crippen molar-refractivity contribution in [3.8, 4) is 5.75 Å². The quantitative estimate of drug-likeness (QED) is 0.524. The summed E-state index contributed by atoms with van der Waals surface area (Å²) in [5, 5.41) is -0.259. The summed E-state index contributed by atoms with van der Waals surface area (Å²) in [6.07, 6.45) is -1.77. The Balaban J connectivity index is 1.59. The van der Waals surface area contributed by atoms with Gasteiger partial charge >= 0.3 is 6.18 Å². The molecule has 0 bridgehead atoms. The Morgan fingerprint density at radius 1 is 1.30 bits per heavy atom. The van der Waals surface area contributed by atoms with Gasteiger partial charge in [0.25, 0.3) is 11.0 Å². The highest BCUT2D eigenvalue weighted by atomic mass is 32.2. The summed E-state index contributed by atoms with van der Waals surface area (Å²) in [7, 11) is 0. The van der Waals surface area contributed by atoms with Gasteiger partial charge in [-0.1, -0.05) is 11.8 Å². The second-order valence-electron chi connectivity index (χ2n) is 5.69. The molecule has 1 saturated heterocycles. The molecule has 2 amide bonds. The van der Waals surface area contributed by atoms with E-state index >= 15 is 0 Å². The number of ketones is 1. The van der Waals surface area contributed by atoms with Crippen molar-refractivity contribution in [2.45, 2.75) is 19.0 Å². The number of Topliss-reactive ketones (excluding diaryl/α,β-unsaturated/α-hetero) is 1. The van der Waals surface area contributed by atoms with Crippen molar-refractivity contribution in [3.63, 3.8) is 0 Å². The number of unbranched alkanes of at least 4 members (excludes halogenated alkanes) is 1. The summed E-state index contributed by atoms with van der Waals surface area (Å²) in [6.45, 7) is 0.518. The van der Waals surface area contributed by atoms with Crippen molar-refractivity contribution in [2.75, 3.05) is 18.9 Å². The van der Waals surface area contributed by atoms with Crippen LogP contribution < -0.4 is 4.74 Å². The van der Waals surface area contributed by atoms with Crippen LogP contribution in [0.15, 0.2) is 24.5 Å². The number of nitrogens with zero attached hydrogens (tertiary/aromatic N) is 3. The van der Waals surface area contributed by atoms with E-state index in [4.69, 9.17) is 4.74 Å². The highest BCUT2D eigenvalue weighted by Gasteiger charge is 2.41. The Morgan fingerprint density at radius 3 is 2.74 bits per heavy atom. The first-order chi connectivity index (χ1) is 12.8. The predicted molar refractivity (Wildman–Crippen MR) is 89.9 cm³/mol. The van der Waals surface area contributed by atoms with Crippen LogP contribution >= 0.6 is 11.8 Å². The number of rotatable bonds is 7. The maximum atomic E-state index is 12.6. The number of thioether (sulfide) groups is 1. The van der Waals surface area contributed by atoms with Gasteiger partial charge < -0.3 is 4.74 Å². The molecule has 144 valence electrons. The molecule has 0 aliphatic carbocycles. The lowest BCUT2D eigenvalue weighted by Crippen LogP contribution is -2.29. The lowest BCUT2D eigenvalue weighted by molar-refractivity contribution is -0.124. The van der Waals surface area contributed by atoms with E-state index in [2.05, 4.69) is 4.98 Å². The molecule has 11 heteroatoms. The summed E-state index contributed by atoms with van der Waals surface area (Å²) < 4.78 is 44.5. The highest BCUT2D eigenvalue weighted by molar-refractivity contribution is 8.14. The minimum Gasteiger partial charge on any atom is -0.490 e. The molecule has 0 unspecified atom stereocenters. The lowest BCUT2D eigenvalue weighted by atomic mass is 10.3. The van der Waals surface area contributed by atoms with Gasteiger partial charge in [-0.3, -0.25) is 23.7 Å². The summed E-state index contributed by atoms with van der Waals surface area (Å²) in [4.78, 5) is 39.4. The Kier molecular flexibility index (Phi) is 5.40. The number of hydrogen-bond acceptors (Lipinski definition) is 6. The fraction of sp³-hybridized carbons (Fsp3) is 0.375. The molecule has 0 saturated carbocycles. The topological polar surface area (TPSA) is 81.0 Å². The van der Waals surface area contributed by atoms with Crippen LogP contribution in [0.2, 0.25) is 0 Å². The van der Waals surface area contributed by atoms with Crippen LogP contribution in [-0.2, 0) is 4.79 Å². The number of aromatic nitrogens is 2. The average Bonchev–Trinajstić information content (AvgIpc) is 3.18. The fourth-order valence-corrected chi connectivity index (χ4v) is 3.31. The van der Waals surface area contributed by atoms with Gasteiger partial charge in [-0.15, -0.1) is 0 Å². The zero-order valence-electron chi connectivity index (χ0n) is 13.9. The molecule has 3 rings (SSSR count). The molecule has 3 heterocycles. The maximum absolute atomic E-state index is 12.6. The van der Waals surface area contributed by atoms with E-state index in [1.165, 1.54) is 23.2 Å². The Morgan fingerprint density at radius 2 is 2.07 bits per heavy atom. The van der Waals surface area contributed by atoms with Crippen LogP contribution in [-0.4, -0.2) is 56.3 Å². The van der Waals surface area contributed by atoms with Crippen molar-refractivity contribution >= 4 is 34.3 Å². The van der Waals surface area contributed by atoms with E-state index in [9.17, 15) is 27.6 Å². The molecule has 0 aromatic carbocycles. The molecule has 1 fully saturated rings. The van der Waals surface area contributed by atoms with E-state index in [0.29, 0.717) is 19.4 Å². The van der Waals surface area contributed by atoms with E-state index < -0.39 is 17.7 Å². The number of alkyl halides is 3. The number of pyridine rings is 1. The van der Waals surface area contributed by atoms with E-state index in [1.807, 2.05) is 0 Å². The first-order valence-electron chi connectivity index (χ1n) is 7.96. The first kappa shape index (κ1) is 19.2. The van der Waals surface area contributed by atoms with Crippen LogP contribution in [0.3, 0.4) is 0 Å². The number of ether oxygens (including phenoxy) is 1. The van der Waals surface area contributed by atoms with E-state index in [-0.39, 0.29) is 34.9 Å². The number of hydrogen-bond donors (Lipinski definition) is 0. The van der Waals surface area contributed by atoms with Crippen LogP contribution in [0.1, 0.15) is 23.3 Å². The van der Waals surface area contributed by atoms with Gasteiger partial charge in [0.1, 0.15) is 5.69 Å². The second-order valence-corrected chi connectivity index (χ2v) is 6.62. The number of carbonyl (C=O) groups excluding carboxylic acids is 3. The average molecular weight is 401 g/mol. The number of imide groups is 1. The van der Waals surface area contributed by atoms with Crippen molar-refractivity contribution in [3.05, 3.63) is 30.2 Å². The molecule has 7 nitrogen and oxygen atoms in total. The summed E-state index contributed by atoms with van der Waals surface area (Å²) in [5.41, 5.74) is -0.488. The van der Waals surface area contributed by atoms with Crippen molar-refractivity contribution < 1.29 is 32.3 Å². The van der Waals surface area contributed by atoms with Crippen LogP contribution in [0.5, 0.6) is 5.75 Å². The molecule has 0 radical (unpaired) electrons. The third-order valence-corrected chi connectivity index (χ3v) is 4.72. The van der Waals surface area contributed by atoms with Gasteiger partial charge in [-0.25, -0.2) is 4.98 Å². The molecule has 0 atom stereocenters. The van der Waals surface area contributed by atoms with Gasteiger partial charge in [-0.2, -0.15) is 13.2 Å². The number of fused-ring (bicyclic) bond motifs is 1. The minimum absolute atomic E-state index is 0.103. The van der Waals surface area contributed by atoms with Gasteiger partial charge in [0.2, 0.25) is 5.91 Å². The molecule has 2 aromatic heterocycles. The number of halogens is 3. The van der Waals surface area contributed by atoms with Gasteiger partial charge in [-0.05, 0) is 25.0 Å². The van der Waals surface area contributed by atoms with E-state index in [0.717, 1.165) is 22.4 Å². The smallest absolute Gasteiger partial charge is 0.456 e. The number of amides is 2. The van der Waals surface area contributed by atoms with Gasteiger partial charge in [0, 0.05) is 12.7 Å². The number of imidazole rings is 1. The van der Waals surface area contributed by atoms with Crippen LogP contribution in [0.25, 0.3) is 5.65 Å². The van der Waals surface area contributed by atoms with Crippen molar-refractivity contribution in [2.24, 2.45) is 0 Å². The second kappa shape index (κ2) is 7.59. The molecule has 1 aliphatic rings. The zero-order valence-corrected chi connectivity index (χ0v) is 14.7. The summed E-state index contributed by atoms with van der Waals surface area (Å²) in [5.74, 6) is -1.79. The van der Waals surface area contributed by atoms with Crippen LogP contribution in [0, 0.1) is 0 Å².